The van der Waals surface area contributed by atoms with Crippen LogP contribution in [0.5, 0.6) is 0 Å². The number of hydrogen-bond donors (Lipinski definition) is 1. The van der Waals surface area contributed by atoms with Gasteiger partial charge in [-0.15, -0.1) is 0 Å². The van der Waals surface area contributed by atoms with Gasteiger partial charge in [-0.1, -0.05) is 52.0 Å². The fourth-order valence-electron chi connectivity index (χ4n) is 1.69. The summed E-state index contributed by atoms with van der Waals surface area (Å²) in [5, 5.41) is 0. The van der Waals surface area contributed by atoms with Gasteiger partial charge in [-0.05, 0) is 34.7 Å². The summed E-state index contributed by atoms with van der Waals surface area (Å²) in [6.07, 6.45) is 0. The predicted octanol–water partition coefficient (Wildman–Crippen LogP) is 4.25. The number of halogens is 1. The van der Waals surface area contributed by atoms with E-state index in [1.165, 1.54) is 11.1 Å². The van der Waals surface area contributed by atoms with Crippen LogP contribution >= 0.6 is 11.8 Å². The van der Waals surface area contributed by atoms with Gasteiger partial charge in [0.25, 0.3) is 0 Å². The summed E-state index contributed by atoms with van der Waals surface area (Å²) in [6.45, 7) is 8.75. The van der Waals surface area contributed by atoms with Gasteiger partial charge in [0.15, 0.2) is 0 Å². The highest BCUT2D eigenvalue weighted by Gasteiger charge is 2.14. The molecule has 0 bridgehead atoms. The SMILES string of the molecule is CC(C)c1cccc([C@@H](NCl)C(C)C)c1. The third kappa shape index (κ3) is 3.22. The van der Waals surface area contributed by atoms with Crippen molar-refractivity contribution in [2.24, 2.45) is 5.92 Å². The third-order valence-electron chi connectivity index (χ3n) is 2.72. The molecule has 0 saturated heterocycles. The van der Waals surface area contributed by atoms with E-state index in [9.17, 15) is 0 Å². The molecule has 0 aliphatic carbocycles. The first-order valence-electron chi connectivity index (χ1n) is 5.52. The zero-order chi connectivity index (χ0) is 11.4. The van der Waals surface area contributed by atoms with Gasteiger partial charge in [-0.2, -0.15) is 0 Å². The van der Waals surface area contributed by atoms with Crippen LogP contribution in [0.2, 0.25) is 0 Å². The van der Waals surface area contributed by atoms with Gasteiger partial charge in [0.2, 0.25) is 0 Å². The predicted molar refractivity (Wildman–Crippen MR) is 67.1 cm³/mol. The standard InChI is InChI=1S/C13H20ClN/c1-9(2)11-6-5-7-12(8-11)13(15-14)10(3)4/h5-10,13,15H,1-4H3/t13-/m0/s1. The lowest BCUT2D eigenvalue weighted by molar-refractivity contribution is 0.482. The van der Waals surface area contributed by atoms with E-state index >= 15 is 0 Å². The second-order valence-corrected chi connectivity index (χ2v) is 4.87. The van der Waals surface area contributed by atoms with Gasteiger partial charge >= 0.3 is 0 Å². The summed E-state index contributed by atoms with van der Waals surface area (Å²) < 4.78 is 0. The molecule has 1 nitrogen and oxygen atoms in total. The molecular weight excluding hydrogens is 206 g/mol. The Kier molecular flexibility index (Phi) is 4.62. The molecule has 2 heteroatoms. The Labute approximate surface area is 98.0 Å². The summed E-state index contributed by atoms with van der Waals surface area (Å²) in [5.41, 5.74) is 2.64. The molecule has 1 aromatic carbocycles. The minimum atomic E-state index is 0.227. The highest BCUT2D eigenvalue weighted by atomic mass is 35.5. The van der Waals surface area contributed by atoms with Gasteiger partial charge in [-0.3, -0.25) is 0 Å². The van der Waals surface area contributed by atoms with E-state index in [1.807, 2.05) is 0 Å². The fraction of sp³-hybridized carbons (Fsp3) is 0.538. The van der Waals surface area contributed by atoms with Crippen molar-refractivity contribution in [1.82, 2.24) is 4.84 Å². The maximum absolute atomic E-state index is 5.78. The molecule has 0 aromatic heterocycles. The maximum Gasteiger partial charge on any atom is 0.0493 e. The lowest BCUT2D eigenvalue weighted by Crippen LogP contribution is -2.17. The van der Waals surface area contributed by atoms with Crippen molar-refractivity contribution in [2.75, 3.05) is 0 Å². The van der Waals surface area contributed by atoms with Crippen LogP contribution in [-0.2, 0) is 0 Å². The van der Waals surface area contributed by atoms with E-state index in [0.717, 1.165) is 0 Å². The lowest BCUT2D eigenvalue weighted by atomic mass is 9.93. The van der Waals surface area contributed by atoms with Crippen LogP contribution in [0.3, 0.4) is 0 Å². The second kappa shape index (κ2) is 5.53. The molecule has 1 aromatic rings. The molecule has 0 saturated carbocycles. The molecule has 1 rings (SSSR count). The fourth-order valence-corrected chi connectivity index (χ4v) is 2.06. The van der Waals surface area contributed by atoms with Gasteiger partial charge in [-0.25, -0.2) is 4.84 Å². The van der Waals surface area contributed by atoms with Crippen LogP contribution in [0.1, 0.15) is 50.8 Å². The van der Waals surface area contributed by atoms with Crippen LogP contribution in [-0.4, -0.2) is 0 Å². The largest absolute Gasteiger partial charge is 0.226 e. The summed E-state index contributed by atoms with van der Waals surface area (Å²) in [4.78, 5) is 2.86. The first-order valence-corrected chi connectivity index (χ1v) is 5.90. The Morgan fingerprint density at radius 1 is 1.07 bits per heavy atom. The minimum absolute atomic E-state index is 0.227. The van der Waals surface area contributed by atoms with E-state index in [0.29, 0.717) is 11.8 Å². The molecule has 1 atom stereocenters. The van der Waals surface area contributed by atoms with Crippen LogP contribution in [0.25, 0.3) is 0 Å². The first-order chi connectivity index (χ1) is 7.06. The Morgan fingerprint density at radius 3 is 2.13 bits per heavy atom. The Balaban J connectivity index is 2.98. The molecule has 0 radical (unpaired) electrons. The van der Waals surface area contributed by atoms with Gasteiger partial charge < -0.3 is 0 Å². The Bertz CT molecular complexity index is 307. The average Bonchev–Trinajstić information content (AvgIpc) is 2.18. The molecule has 0 spiro atoms. The lowest BCUT2D eigenvalue weighted by Gasteiger charge is -2.20. The topological polar surface area (TPSA) is 12.0 Å². The first kappa shape index (κ1) is 12.5. The summed E-state index contributed by atoms with van der Waals surface area (Å²) in [6, 6.07) is 8.87. The molecule has 15 heavy (non-hydrogen) atoms. The minimum Gasteiger partial charge on any atom is -0.226 e. The van der Waals surface area contributed by atoms with Gasteiger partial charge in [0.05, 0.1) is 0 Å². The van der Waals surface area contributed by atoms with Crippen molar-refractivity contribution in [3.05, 3.63) is 35.4 Å². The van der Waals surface area contributed by atoms with Crippen molar-refractivity contribution in [1.29, 1.82) is 0 Å². The van der Waals surface area contributed by atoms with E-state index in [1.54, 1.807) is 0 Å². The Hall–Kier alpha value is -0.530. The molecule has 0 unspecified atom stereocenters. The number of benzene rings is 1. The molecule has 0 aliphatic rings. The van der Waals surface area contributed by atoms with Crippen molar-refractivity contribution in [3.63, 3.8) is 0 Å². The van der Waals surface area contributed by atoms with E-state index in [2.05, 4.69) is 56.8 Å². The quantitative estimate of drug-likeness (QED) is 0.756. The number of hydrogen-bond acceptors (Lipinski definition) is 1. The third-order valence-corrected chi connectivity index (χ3v) is 2.96. The Morgan fingerprint density at radius 2 is 1.67 bits per heavy atom. The monoisotopic (exact) mass is 225 g/mol. The van der Waals surface area contributed by atoms with Gasteiger partial charge in [0.1, 0.15) is 0 Å². The summed E-state index contributed by atoms with van der Waals surface area (Å²) in [7, 11) is 0. The molecule has 84 valence electrons. The zero-order valence-corrected chi connectivity index (χ0v) is 10.7. The van der Waals surface area contributed by atoms with E-state index in [-0.39, 0.29) is 6.04 Å². The molecule has 0 fully saturated rings. The van der Waals surface area contributed by atoms with Crippen LogP contribution in [0.4, 0.5) is 0 Å². The van der Waals surface area contributed by atoms with Gasteiger partial charge in [0, 0.05) is 6.04 Å². The van der Waals surface area contributed by atoms with Crippen LogP contribution in [0, 0.1) is 5.92 Å². The molecular formula is C13H20ClN. The van der Waals surface area contributed by atoms with Crippen LogP contribution in [0.15, 0.2) is 24.3 Å². The zero-order valence-electron chi connectivity index (χ0n) is 9.92. The summed E-state index contributed by atoms with van der Waals surface area (Å²) >= 11 is 5.78. The highest BCUT2D eigenvalue weighted by Crippen LogP contribution is 2.25. The molecule has 0 amide bonds. The van der Waals surface area contributed by atoms with Crippen molar-refractivity contribution in [2.45, 2.75) is 39.7 Å². The highest BCUT2D eigenvalue weighted by molar-refractivity contribution is 6.13. The summed E-state index contributed by atoms with van der Waals surface area (Å²) in [5.74, 6) is 1.05. The van der Waals surface area contributed by atoms with Crippen molar-refractivity contribution < 1.29 is 0 Å². The molecule has 1 N–H and O–H groups in total. The molecule has 0 aliphatic heterocycles. The van der Waals surface area contributed by atoms with Crippen molar-refractivity contribution >= 4 is 11.8 Å². The smallest absolute Gasteiger partial charge is 0.0493 e. The second-order valence-electron chi connectivity index (χ2n) is 4.66. The number of nitrogens with one attached hydrogen (secondary N) is 1. The maximum atomic E-state index is 5.78. The van der Waals surface area contributed by atoms with Crippen LogP contribution < -0.4 is 4.84 Å². The van der Waals surface area contributed by atoms with Crippen molar-refractivity contribution in [3.8, 4) is 0 Å². The molecule has 0 heterocycles. The number of rotatable bonds is 4. The van der Waals surface area contributed by atoms with E-state index < -0.39 is 0 Å². The normalized spacial score (nSPS) is 13.5. The van der Waals surface area contributed by atoms with E-state index in [4.69, 9.17) is 11.8 Å². The average molecular weight is 226 g/mol.